The lowest BCUT2D eigenvalue weighted by molar-refractivity contribution is 0.0973. The summed E-state index contributed by atoms with van der Waals surface area (Å²) in [5.74, 6) is 1.12. The normalized spacial score (nSPS) is 29.8. The van der Waals surface area contributed by atoms with Gasteiger partial charge >= 0.3 is 0 Å². The van der Waals surface area contributed by atoms with Gasteiger partial charge in [0.05, 0.1) is 5.39 Å². The van der Waals surface area contributed by atoms with Gasteiger partial charge in [-0.3, -0.25) is 0 Å². The van der Waals surface area contributed by atoms with Crippen molar-refractivity contribution in [3.05, 3.63) is 24.0 Å². The van der Waals surface area contributed by atoms with Crippen LogP contribution in [-0.4, -0.2) is 35.7 Å². The molecule has 0 aliphatic carbocycles. The molecule has 19 heavy (non-hydrogen) atoms. The minimum atomic E-state index is -0.257. The number of piperidine rings is 3. The zero-order chi connectivity index (χ0) is 12.8. The molecule has 1 atom stereocenters. The third-order valence-corrected chi connectivity index (χ3v) is 4.41. The molecule has 0 radical (unpaired) electrons. The highest BCUT2D eigenvalue weighted by molar-refractivity contribution is 5.88. The van der Waals surface area contributed by atoms with Gasteiger partial charge in [-0.25, -0.2) is 4.39 Å². The Kier molecular flexibility index (Phi) is 2.48. The molecule has 3 saturated heterocycles. The molecule has 0 amide bonds. The first-order valence-electron chi connectivity index (χ1n) is 6.83. The van der Waals surface area contributed by atoms with Crippen LogP contribution < -0.4 is 5.32 Å². The number of benzene rings is 1. The predicted octanol–water partition coefficient (Wildman–Crippen LogP) is 2.47. The van der Waals surface area contributed by atoms with Crippen molar-refractivity contribution in [2.24, 2.45) is 5.92 Å². The van der Waals surface area contributed by atoms with Crippen molar-refractivity contribution in [2.75, 3.05) is 25.0 Å². The summed E-state index contributed by atoms with van der Waals surface area (Å²) in [6, 6.07) is 4.90. The first-order chi connectivity index (χ1) is 9.29. The van der Waals surface area contributed by atoms with Crippen molar-refractivity contribution in [3.8, 4) is 0 Å². The maximum Gasteiger partial charge on any atom is 0.177 e. The molecule has 1 aromatic heterocycles. The van der Waals surface area contributed by atoms with Crippen molar-refractivity contribution >= 4 is 16.8 Å². The number of nitrogens with zero attached hydrogens (tertiary/aromatic N) is 2. The molecule has 2 aromatic rings. The molecule has 5 rings (SSSR count). The van der Waals surface area contributed by atoms with E-state index < -0.39 is 0 Å². The number of nitrogens with one attached hydrogen (secondary N) is 1. The van der Waals surface area contributed by atoms with Crippen molar-refractivity contribution in [3.63, 3.8) is 0 Å². The Balaban J connectivity index is 1.63. The number of anilines is 1. The van der Waals surface area contributed by atoms with Gasteiger partial charge in [-0.1, -0.05) is 5.16 Å². The molecule has 0 spiro atoms. The lowest BCUT2D eigenvalue weighted by atomic mass is 9.84. The van der Waals surface area contributed by atoms with Crippen LogP contribution in [0.25, 0.3) is 11.0 Å². The van der Waals surface area contributed by atoms with Gasteiger partial charge in [0.15, 0.2) is 11.4 Å². The zero-order valence-corrected chi connectivity index (χ0v) is 10.6. The highest BCUT2D eigenvalue weighted by atomic mass is 19.1. The molecule has 3 aliphatic heterocycles. The second kappa shape index (κ2) is 4.20. The summed E-state index contributed by atoms with van der Waals surface area (Å²) in [6.45, 7) is 3.46. The van der Waals surface area contributed by atoms with Gasteiger partial charge in [-0.15, -0.1) is 0 Å². The molecule has 1 aromatic carbocycles. The smallest absolute Gasteiger partial charge is 0.177 e. The Morgan fingerprint density at radius 2 is 2.16 bits per heavy atom. The van der Waals surface area contributed by atoms with Gasteiger partial charge in [-0.05, 0) is 50.0 Å². The lowest BCUT2D eigenvalue weighted by Crippen LogP contribution is -2.53. The summed E-state index contributed by atoms with van der Waals surface area (Å²) in [4.78, 5) is 2.47. The van der Waals surface area contributed by atoms with E-state index in [4.69, 9.17) is 4.52 Å². The highest BCUT2D eigenvalue weighted by Crippen LogP contribution is 2.31. The van der Waals surface area contributed by atoms with Crippen molar-refractivity contribution in [1.82, 2.24) is 10.1 Å². The number of hydrogen-bond acceptors (Lipinski definition) is 4. The molecular formula is C14H16FN3O. The molecular weight excluding hydrogens is 245 g/mol. The monoisotopic (exact) mass is 261 g/mol. The van der Waals surface area contributed by atoms with Crippen LogP contribution in [0.15, 0.2) is 22.7 Å². The Labute approximate surface area is 110 Å². The summed E-state index contributed by atoms with van der Waals surface area (Å²) in [5.41, 5.74) is 0.630. The van der Waals surface area contributed by atoms with Crippen LogP contribution in [0, 0.1) is 11.7 Å². The quantitative estimate of drug-likeness (QED) is 0.901. The van der Waals surface area contributed by atoms with Crippen molar-refractivity contribution in [1.29, 1.82) is 0 Å². The van der Waals surface area contributed by atoms with E-state index in [1.165, 1.54) is 38.1 Å². The maximum absolute atomic E-state index is 13.3. The van der Waals surface area contributed by atoms with E-state index >= 15 is 0 Å². The standard InChI is InChI=1S/C14H16FN3O/c15-10-1-2-13-11(7-10)14(17-19-13)16-12-8-18-5-3-9(12)4-6-18/h1-2,7,9,12H,3-6,8H2,(H,16,17). The molecule has 1 unspecified atom stereocenters. The Bertz CT molecular complexity index is 604. The minimum absolute atomic E-state index is 0.257. The third-order valence-electron chi connectivity index (χ3n) is 4.41. The fraction of sp³-hybridized carbons (Fsp3) is 0.500. The summed E-state index contributed by atoms with van der Waals surface area (Å²) in [5, 5.41) is 8.22. The summed E-state index contributed by atoms with van der Waals surface area (Å²) >= 11 is 0. The van der Waals surface area contributed by atoms with E-state index in [2.05, 4.69) is 15.4 Å². The number of aromatic nitrogens is 1. The third kappa shape index (κ3) is 1.89. The van der Waals surface area contributed by atoms with Crippen molar-refractivity contribution < 1.29 is 8.91 Å². The van der Waals surface area contributed by atoms with Gasteiger partial charge in [0.2, 0.25) is 0 Å². The molecule has 1 N–H and O–H groups in total. The van der Waals surface area contributed by atoms with Gasteiger partial charge < -0.3 is 14.7 Å². The van der Waals surface area contributed by atoms with E-state index in [0.717, 1.165) is 11.9 Å². The fourth-order valence-corrected chi connectivity index (χ4v) is 3.32. The van der Waals surface area contributed by atoms with E-state index in [9.17, 15) is 4.39 Å². The van der Waals surface area contributed by atoms with Gasteiger partial charge in [0, 0.05) is 12.6 Å². The Hall–Kier alpha value is -1.62. The van der Waals surface area contributed by atoms with Crippen LogP contribution in [-0.2, 0) is 0 Å². The van der Waals surface area contributed by atoms with E-state index in [1.807, 2.05) is 0 Å². The van der Waals surface area contributed by atoms with E-state index in [0.29, 0.717) is 23.4 Å². The number of rotatable bonds is 2. The summed E-state index contributed by atoms with van der Waals surface area (Å²) in [7, 11) is 0. The maximum atomic E-state index is 13.3. The van der Waals surface area contributed by atoms with Crippen LogP contribution in [0.1, 0.15) is 12.8 Å². The molecule has 3 aliphatic rings. The van der Waals surface area contributed by atoms with Crippen LogP contribution in [0.5, 0.6) is 0 Å². The highest BCUT2D eigenvalue weighted by Gasteiger charge is 2.34. The van der Waals surface area contributed by atoms with Gasteiger partial charge in [0.1, 0.15) is 5.82 Å². The SMILES string of the molecule is Fc1ccc2onc(NC3CN4CCC3CC4)c2c1. The summed E-state index contributed by atoms with van der Waals surface area (Å²) in [6.07, 6.45) is 2.48. The topological polar surface area (TPSA) is 41.3 Å². The van der Waals surface area contributed by atoms with Crippen LogP contribution in [0.4, 0.5) is 10.2 Å². The molecule has 100 valence electrons. The lowest BCUT2D eigenvalue weighted by Gasteiger charge is -2.44. The fourth-order valence-electron chi connectivity index (χ4n) is 3.32. The largest absolute Gasteiger partial charge is 0.362 e. The molecule has 3 fully saturated rings. The second-order valence-electron chi connectivity index (χ2n) is 5.56. The molecule has 5 heteroatoms. The zero-order valence-electron chi connectivity index (χ0n) is 10.6. The van der Waals surface area contributed by atoms with Crippen molar-refractivity contribution in [2.45, 2.75) is 18.9 Å². The average molecular weight is 261 g/mol. The first-order valence-corrected chi connectivity index (χ1v) is 6.83. The molecule has 4 nitrogen and oxygen atoms in total. The Morgan fingerprint density at radius 1 is 1.32 bits per heavy atom. The number of fused-ring (bicyclic) bond motifs is 4. The first kappa shape index (κ1) is 11.2. The molecule has 0 saturated carbocycles. The molecule has 2 bridgehead atoms. The van der Waals surface area contributed by atoms with Gasteiger partial charge in [-0.2, -0.15) is 0 Å². The van der Waals surface area contributed by atoms with Crippen LogP contribution in [0.3, 0.4) is 0 Å². The Morgan fingerprint density at radius 3 is 2.89 bits per heavy atom. The van der Waals surface area contributed by atoms with E-state index in [1.54, 1.807) is 6.07 Å². The van der Waals surface area contributed by atoms with Crippen LogP contribution in [0.2, 0.25) is 0 Å². The molecule has 4 heterocycles. The number of halogens is 1. The van der Waals surface area contributed by atoms with E-state index in [-0.39, 0.29) is 5.82 Å². The minimum Gasteiger partial charge on any atom is -0.362 e. The predicted molar refractivity (Wildman–Crippen MR) is 70.5 cm³/mol. The second-order valence-corrected chi connectivity index (χ2v) is 5.56. The average Bonchev–Trinajstić information content (AvgIpc) is 2.83. The number of hydrogen-bond donors (Lipinski definition) is 1. The summed E-state index contributed by atoms with van der Waals surface area (Å²) < 4.78 is 18.6. The van der Waals surface area contributed by atoms with Gasteiger partial charge in [0.25, 0.3) is 0 Å². The van der Waals surface area contributed by atoms with Crippen LogP contribution >= 0.6 is 0 Å².